The quantitative estimate of drug-likeness (QED) is 0.517. The van der Waals surface area contributed by atoms with Crippen LogP contribution in [-0.4, -0.2) is 75.9 Å². The van der Waals surface area contributed by atoms with Crippen molar-refractivity contribution >= 4 is 32.7 Å². The van der Waals surface area contributed by atoms with Crippen molar-refractivity contribution in [3.63, 3.8) is 0 Å². The summed E-state index contributed by atoms with van der Waals surface area (Å²) >= 11 is 0. The van der Waals surface area contributed by atoms with Crippen LogP contribution in [0.5, 0.6) is 11.5 Å². The van der Waals surface area contributed by atoms with Crippen LogP contribution in [0, 0.1) is 5.41 Å². The number of hydrogen-bond acceptors (Lipinski definition) is 9. The third-order valence-corrected chi connectivity index (χ3v) is 8.87. The highest BCUT2D eigenvalue weighted by Crippen LogP contribution is 2.42. The number of sulfonamides is 1. The Kier molecular flexibility index (Phi) is 7.60. The Bertz CT molecular complexity index is 1270. The Morgan fingerprint density at radius 3 is 2.53 bits per heavy atom. The zero-order valence-electron chi connectivity index (χ0n) is 21.5. The molecule has 2 aliphatic heterocycles. The number of nitrogens with two attached hydrogens (primary N) is 1. The molecule has 3 heterocycles. The number of aromatic nitrogens is 2. The van der Waals surface area contributed by atoms with E-state index in [9.17, 15) is 8.42 Å². The second-order valence-corrected chi connectivity index (χ2v) is 11.4. The van der Waals surface area contributed by atoms with E-state index in [0.717, 1.165) is 31.6 Å². The summed E-state index contributed by atoms with van der Waals surface area (Å²) in [4.78, 5) is 11.3. The van der Waals surface area contributed by atoms with Gasteiger partial charge >= 0.3 is 0 Å². The van der Waals surface area contributed by atoms with E-state index < -0.39 is 15.4 Å². The number of methoxy groups -OCH3 is 2. The predicted molar refractivity (Wildman–Crippen MR) is 143 cm³/mol. The SMILES string of the molecule is CCCS(=O)(=O)N1CC=CC=C1C1(CN(C)c2nc(N)c3cc(OC)c(OC)cc3n2)CCNCC1. The minimum Gasteiger partial charge on any atom is -0.493 e. The van der Waals surface area contributed by atoms with E-state index >= 15 is 0 Å². The smallest absolute Gasteiger partial charge is 0.235 e. The van der Waals surface area contributed by atoms with Crippen molar-refractivity contribution in [1.29, 1.82) is 0 Å². The molecule has 1 saturated heterocycles. The maximum Gasteiger partial charge on any atom is 0.235 e. The lowest BCUT2D eigenvalue weighted by molar-refractivity contribution is 0.220. The van der Waals surface area contributed by atoms with Crippen molar-refractivity contribution in [2.24, 2.45) is 5.41 Å². The first-order valence-corrected chi connectivity index (χ1v) is 13.8. The van der Waals surface area contributed by atoms with Gasteiger partial charge in [0, 0.05) is 36.2 Å². The third kappa shape index (κ3) is 4.94. The van der Waals surface area contributed by atoms with Gasteiger partial charge in [-0.15, -0.1) is 0 Å². The third-order valence-electron chi connectivity index (χ3n) is 6.93. The van der Waals surface area contributed by atoms with Gasteiger partial charge in [0.15, 0.2) is 11.5 Å². The van der Waals surface area contributed by atoms with Crippen molar-refractivity contribution in [3.8, 4) is 11.5 Å². The fraction of sp³-hybridized carbons (Fsp3) is 0.520. The number of fused-ring (bicyclic) bond motifs is 1. The van der Waals surface area contributed by atoms with Gasteiger partial charge in [-0.2, -0.15) is 4.98 Å². The summed E-state index contributed by atoms with van der Waals surface area (Å²) in [6.45, 7) is 4.39. The van der Waals surface area contributed by atoms with Gasteiger partial charge in [0.25, 0.3) is 0 Å². The summed E-state index contributed by atoms with van der Waals surface area (Å²) in [5.74, 6) is 2.05. The average molecular weight is 517 g/mol. The molecule has 1 fully saturated rings. The van der Waals surface area contributed by atoms with Gasteiger partial charge < -0.3 is 25.4 Å². The highest BCUT2D eigenvalue weighted by atomic mass is 32.2. The van der Waals surface area contributed by atoms with Crippen LogP contribution in [-0.2, 0) is 10.0 Å². The normalized spacial score (nSPS) is 17.7. The van der Waals surface area contributed by atoms with Gasteiger partial charge in [0.1, 0.15) is 5.82 Å². The zero-order chi connectivity index (χ0) is 25.9. The Morgan fingerprint density at radius 1 is 1.17 bits per heavy atom. The van der Waals surface area contributed by atoms with Gasteiger partial charge in [-0.3, -0.25) is 4.31 Å². The number of piperidine rings is 1. The predicted octanol–water partition coefficient (Wildman–Crippen LogP) is 2.53. The molecule has 2 aromatic rings. The fourth-order valence-corrected chi connectivity index (χ4v) is 6.74. The molecule has 0 saturated carbocycles. The highest BCUT2D eigenvalue weighted by molar-refractivity contribution is 7.89. The zero-order valence-corrected chi connectivity index (χ0v) is 22.3. The van der Waals surface area contributed by atoms with Crippen molar-refractivity contribution in [2.45, 2.75) is 26.2 Å². The Morgan fingerprint density at radius 2 is 1.86 bits per heavy atom. The summed E-state index contributed by atoms with van der Waals surface area (Å²) in [6.07, 6.45) is 7.98. The van der Waals surface area contributed by atoms with Gasteiger partial charge in [-0.1, -0.05) is 19.1 Å². The number of nitrogens with zero attached hydrogens (tertiary/aromatic N) is 4. The molecule has 10 nitrogen and oxygen atoms in total. The van der Waals surface area contributed by atoms with E-state index in [1.54, 1.807) is 30.7 Å². The number of ether oxygens (including phenoxy) is 2. The Balaban J connectivity index is 1.72. The molecular weight excluding hydrogens is 480 g/mol. The van der Waals surface area contributed by atoms with Crippen LogP contribution in [0.25, 0.3) is 10.9 Å². The molecule has 4 rings (SSSR count). The first-order valence-electron chi connectivity index (χ1n) is 12.2. The number of rotatable bonds is 9. The van der Waals surface area contributed by atoms with E-state index in [1.807, 2.05) is 37.1 Å². The first kappa shape index (κ1) is 26.0. The number of hydrogen-bond donors (Lipinski definition) is 2. The second kappa shape index (κ2) is 10.5. The average Bonchev–Trinajstić information content (AvgIpc) is 2.88. The number of anilines is 2. The van der Waals surface area contributed by atoms with Crippen LogP contribution in [0.1, 0.15) is 26.2 Å². The molecule has 0 bridgehead atoms. The Labute approximate surface area is 213 Å². The molecule has 0 aliphatic carbocycles. The molecule has 0 radical (unpaired) electrons. The van der Waals surface area contributed by atoms with E-state index in [4.69, 9.17) is 20.2 Å². The first-order chi connectivity index (χ1) is 17.2. The molecule has 36 heavy (non-hydrogen) atoms. The van der Waals surface area contributed by atoms with Crippen LogP contribution < -0.4 is 25.4 Å². The van der Waals surface area contributed by atoms with Gasteiger partial charge in [-0.05, 0) is 44.5 Å². The van der Waals surface area contributed by atoms with E-state index in [1.165, 1.54) is 0 Å². The van der Waals surface area contributed by atoms with Crippen molar-refractivity contribution < 1.29 is 17.9 Å². The second-order valence-electron chi connectivity index (χ2n) is 9.35. The molecular formula is C25H36N6O4S. The molecule has 196 valence electrons. The maximum absolute atomic E-state index is 13.2. The lowest BCUT2D eigenvalue weighted by atomic mass is 9.74. The van der Waals surface area contributed by atoms with Crippen LogP contribution >= 0.6 is 0 Å². The summed E-state index contributed by atoms with van der Waals surface area (Å²) in [7, 11) is 1.65. The maximum atomic E-state index is 13.2. The molecule has 3 N–H and O–H groups in total. The van der Waals surface area contributed by atoms with Crippen molar-refractivity contribution in [3.05, 3.63) is 36.1 Å². The van der Waals surface area contributed by atoms with E-state index in [2.05, 4.69) is 10.3 Å². The van der Waals surface area contributed by atoms with Crippen LogP contribution in [0.2, 0.25) is 0 Å². The topological polar surface area (TPSA) is 123 Å². The summed E-state index contributed by atoms with van der Waals surface area (Å²) < 4.78 is 38.8. The summed E-state index contributed by atoms with van der Waals surface area (Å²) in [5, 5.41) is 4.10. The van der Waals surface area contributed by atoms with Crippen molar-refractivity contribution in [2.75, 3.05) is 63.8 Å². The number of benzene rings is 1. The standard InChI is InChI=1S/C25H36N6O4S/c1-5-14-36(32,33)31-13-7-6-8-22(31)25(9-11-27-12-10-25)17-30(2)24-28-19-16-21(35-4)20(34-3)15-18(19)23(26)29-24/h6-8,15-16,27H,5,9-14,17H2,1-4H3,(H2,26,28,29). The number of nitrogen functional groups attached to an aromatic ring is 1. The monoisotopic (exact) mass is 516 g/mol. The lowest BCUT2D eigenvalue weighted by Crippen LogP contribution is -2.51. The molecule has 1 aromatic carbocycles. The molecule has 1 aromatic heterocycles. The molecule has 0 unspecified atom stereocenters. The summed E-state index contributed by atoms with van der Waals surface area (Å²) in [6, 6.07) is 3.56. The summed E-state index contributed by atoms with van der Waals surface area (Å²) in [5.41, 5.74) is 7.43. The largest absolute Gasteiger partial charge is 0.493 e. The van der Waals surface area contributed by atoms with Gasteiger partial charge in [0.2, 0.25) is 16.0 Å². The molecule has 0 atom stereocenters. The van der Waals surface area contributed by atoms with E-state index in [0.29, 0.717) is 53.7 Å². The van der Waals surface area contributed by atoms with Crippen LogP contribution in [0.15, 0.2) is 36.1 Å². The highest BCUT2D eigenvalue weighted by Gasteiger charge is 2.43. The minimum atomic E-state index is -3.42. The number of allylic oxidation sites excluding steroid dienone is 2. The van der Waals surface area contributed by atoms with Crippen LogP contribution in [0.3, 0.4) is 0 Å². The van der Waals surface area contributed by atoms with Gasteiger partial charge in [-0.25, -0.2) is 13.4 Å². The fourth-order valence-electron chi connectivity index (χ4n) is 5.13. The lowest BCUT2D eigenvalue weighted by Gasteiger charge is -2.46. The van der Waals surface area contributed by atoms with Crippen LogP contribution in [0.4, 0.5) is 11.8 Å². The van der Waals surface area contributed by atoms with Gasteiger partial charge in [0.05, 0.1) is 32.0 Å². The molecule has 2 aliphatic rings. The van der Waals surface area contributed by atoms with Crippen molar-refractivity contribution in [1.82, 2.24) is 19.6 Å². The molecule has 11 heteroatoms. The van der Waals surface area contributed by atoms with E-state index in [-0.39, 0.29) is 5.75 Å². The number of nitrogens with one attached hydrogen (secondary N) is 1. The molecule has 0 amide bonds. The molecule has 0 spiro atoms. The minimum absolute atomic E-state index is 0.123. The Hall–Kier alpha value is -3.05.